The van der Waals surface area contributed by atoms with Crippen LogP contribution in [0.2, 0.25) is 0 Å². The first kappa shape index (κ1) is 68.2. The predicted octanol–water partition coefficient (Wildman–Crippen LogP) is 10.2. The Morgan fingerprint density at radius 1 is 0.403 bits per heavy atom. The Labute approximate surface area is 439 Å². The smallest absolute Gasteiger partial charge is 0.268 e. The second-order valence-electron chi connectivity index (χ2n) is 21.0. The largest absolute Gasteiger partial charge is 0.756 e. The van der Waals surface area contributed by atoms with Gasteiger partial charge in [-0.05, 0) is 75.0 Å². The number of phosphoric ester groups is 2. The van der Waals surface area contributed by atoms with Crippen LogP contribution in [0, 0.1) is 47.4 Å². The summed E-state index contributed by atoms with van der Waals surface area (Å²) in [5, 5.41) is 0. The van der Waals surface area contributed by atoms with E-state index in [1.165, 1.54) is 0 Å². The van der Waals surface area contributed by atoms with Crippen LogP contribution in [0.4, 0.5) is 0 Å². The zero-order valence-electron chi connectivity index (χ0n) is 46.1. The van der Waals surface area contributed by atoms with Crippen LogP contribution in [0.3, 0.4) is 0 Å². The Morgan fingerprint density at radius 2 is 0.667 bits per heavy atom. The number of nitrogens with zero attached hydrogens (tertiary/aromatic N) is 2. The molecular weight excluding hydrogens is 955 g/mol. The molecule has 1 aliphatic heterocycles. The van der Waals surface area contributed by atoms with Gasteiger partial charge in [0.25, 0.3) is 15.6 Å². The third-order valence-corrected chi connectivity index (χ3v) is 13.7. The Bertz CT molecular complexity index is 1550. The van der Waals surface area contributed by atoms with Crippen LogP contribution < -0.4 is 9.79 Å². The topological polar surface area (TPSA) is 154 Å². The molecule has 16 heteroatoms. The quantitative estimate of drug-likeness (QED) is 0.0924. The molecule has 1 rings (SSSR count). The Morgan fingerprint density at radius 3 is 0.958 bits per heavy atom. The number of likely N-dealkylation sites (N-methyl/N-ethyl adjacent to an activating group) is 2. The maximum Gasteiger partial charge on any atom is 0.268 e. The minimum atomic E-state index is -4.45. The first-order valence-electron chi connectivity index (χ1n) is 27.7. The van der Waals surface area contributed by atoms with Crippen LogP contribution in [-0.2, 0) is 46.2 Å². The van der Waals surface area contributed by atoms with Crippen molar-refractivity contribution < 1.29 is 64.9 Å². The zero-order chi connectivity index (χ0) is 52.8. The van der Waals surface area contributed by atoms with Gasteiger partial charge in [-0.1, -0.05) is 126 Å². The van der Waals surface area contributed by atoms with Crippen LogP contribution in [0.5, 0.6) is 0 Å². The highest BCUT2D eigenvalue weighted by atomic mass is 31.2. The summed E-state index contributed by atoms with van der Waals surface area (Å²) < 4.78 is 70.8. The Kier molecular flexibility index (Phi) is 43.0. The van der Waals surface area contributed by atoms with Crippen molar-refractivity contribution in [1.29, 1.82) is 0 Å². The molecule has 416 valence electrons. The Hall–Kier alpha value is -1.78. The standard InChI is InChI=1S/C56H100N2O12P2/c1-57(2,3)43-49-67-71(59,60)69-53-55-51-63-45-39-35-31-27-23-19-15-11-7-8-12-16-20-24-28-32-36-40-46-64-52-56(54-70-72(61,62)68-50-44-58(4,5)6)66-48-42-38-34-30-26-22-18-14-10-9-13-17-21-25-29-33-37-41-47-65-55/h55-56H,15-54H2,1-6H3. The normalized spacial score (nSPS) is 22.6. The number of phosphoric acid groups is 2. The molecule has 4 unspecified atom stereocenters. The first-order chi connectivity index (χ1) is 34.6. The van der Waals surface area contributed by atoms with E-state index in [1.807, 2.05) is 42.3 Å². The third kappa shape index (κ3) is 50.4. The van der Waals surface area contributed by atoms with Gasteiger partial charge < -0.3 is 55.8 Å². The highest BCUT2D eigenvalue weighted by Crippen LogP contribution is 2.39. The van der Waals surface area contributed by atoms with Gasteiger partial charge in [0.05, 0.1) is 68.7 Å². The third-order valence-electron chi connectivity index (χ3n) is 11.7. The second-order valence-corrected chi connectivity index (χ2v) is 23.8. The van der Waals surface area contributed by atoms with Crippen LogP contribution >= 0.6 is 15.6 Å². The molecule has 0 radical (unpaired) electrons. The molecule has 0 aromatic rings. The lowest BCUT2D eigenvalue weighted by Gasteiger charge is -2.28. The number of hydrogen-bond donors (Lipinski definition) is 0. The van der Waals surface area contributed by atoms with Crippen LogP contribution in [0.25, 0.3) is 0 Å². The molecule has 0 spiro atoms. The highest BCUT2D eigenvalue weighted by molar-refractivity contribution is 7.46. The van der Waals surface area contributed by atoms with Crippen molar-refractivity contribution >= 4 is 15.6 Å². The molecule has 0 bridgehead atoms. The lowest BCUT2D eigenvalue weighted by molar-refractivity contribution is -0.870. The molecule has 0 saturated carbocycles. The van der Waals surface area contributed by atoms with E-state index in [4.69, 9.17) is 37.0 Å². The maximum atomic E-state index is 12.5. The molecule has 0 aliphatic carbocycles. The zero-order valence-corrected chi connectivity index (χ0v) is 47.9. The predicted molar refractivity (Wildman–Crippen MR) is 286 cm³/mol. The molecule has 0 aromatic heterocycles. The number of hydrogen-bond acceptors (Lipinski definition) is 12. The fourth-order valence-electron chi connectivity index (χ4n) is 7.22. The van der Waals surface area contributed by atoms with E-state index in [0.29, 0.717) is 48.5 Å². The second kappa shape index (κ2) is 45.4. The van der Waals surface area contributed by atoms with E-state index in [2.05, 4.69) is 47.4 Å². The average Bonchev–Trinajstić information content (AvgIpc) is 3.31. The van der Waals surface area contributed by atoms with Gasteiger partial charge >= 0.3 is 0 Å². The summed E-state index contributed by atoms with van der Waals surface area (Å²) in [6, 6.07) is 0. The number of rotatable bonds is 14. The average molecular weight is 1060 g/mol. The molecule has 72 heavy (non-hydrogen) atoms. The van der Waals surface area contributed by atoms with E-state index in [0.717, 1.165) is 180 Å². The summed E-state index contributed by atoms with van der Waals surface area (Å²) in [5.41, 5.74) is 0. The summed E-state index contributed by atoms with van der Waals surface area (Å²) in [4.78, 5) is 24.9. The van der Waals surface area contributed by atoms with E-state index in [1.54, 1.807) is 0 Å². The molecule has 0 fully saturated rings. The van der Waals surface area contributed by atoms with E-state index in [-0.39, 0.29) is 39.6 Å². The minimum Gasteiger partial charge on any atom is -0.756 e. The fourth-order valence-corrected chi connectivity index (χ4v) is 8.67. The molecule has 0 aromatic carbocycles. The molecule has 0 amide bonds. The van der Waals surface area contributed by atoms with Crippen LogP contribution in [0.1, 0.15) is 180 Å². The molecule has 1 heterocycles. The van der Waals surface area contributed by atoms with Crippen molar-refractivity contribution in [3.05, 3.63) is 0 Å². The van der Waals surface area contributed by atoms with Crippen molar-refractivity contribution in [2.45, 2.75) is 192 Å². The SMILES string of the molecule is C[N+](C)(C)CCOP(=O)([O-])OCC1COCCCCCCCCC#CC#CCCCCCCCCOCC(COP(=O)([O-])OCC[N+](C)(C)C)OCCCCCCCCC#CC#CCCCCCCCCO1. The maximum absolute atomic E-state index is 12.5. The summed E-state index contributed by atoms with van der Waals surface area (Å²) in [7, 11) is 2.94. The van der Waals surface area contributed by atoms with Crippen molar-refractivity contribution in [1.82, 2.24) is 0 Å². The number of quaternary nitrogens is 2. The summed E-state index contributed by atoms with van der Waals surface area (Å²) in [6.07, 6.45) is 28.1. The van der Waals surface area contributed by atoms with Crippen molar-refractivity contribution in [3.8, 4) is 47.4 Å². The number of ether oxygens (including phenoxy) is 4. The monoisotopic (exact) mass is 1050 g/mol. The first-order valence-corrected chi connectivity index (χ1v) is 30.6. The molecule has 1 aliphatic rings. The molecule has 0 N–H and O–H groups in total. The van der Waals surface area contributed by atoms with Gasteiger partial charge in [0.15, 0.2) is 0 Å². The van der Waals surface area contributed by atoms with Crippen molar-refractivity contribution in [2.24, 2.45) is 0 Å². The lowest BCUT2D eigenvalue weighted by Crippen LogP contribution is -2.37. The van der Waals surface area contributed by atoms with Gasteiger partial charge in [0, 0.05) is 52.1 Å². The van der Waals surface area contributed by atoms with E-state index >= 15 is 0 Å². The molecule has 4 atom stereocenters. The molecular formula is C56H100N2O12P2. The van der Waals surface area contributed by atoms with Gasteiger partial charge in [-0.2, -0.15) is 0 Å². The van der Waals surface area contributed by atoms with Gasteiger partial charge in [-0.25, -0.2) is 0 Å². The van der Waals surface area contributed by atoms with Crippen LogP contribution in [0.15, 0.2) is 0 Å². The van der Waals surface area contributed by atoms with E-state index < -0.39 is 27.9 Å². The van der Waals surface area contributed by atoms with E-state index in [9.17, 15) is 18.9 Å². The summed E-state index contributed by atoms with van der Waals surface area (Å²) in [6.45, 7) is 3.70. The van der Waals surface area contributed by atoms with Gasteiger partial charge in [-0.3, -0.25) is 9.13 Å². The van der Waals surface area contributed by atoms with Crippen molar-refractivity contribution in [3.63, 3.8) is 0 Å². The Balaban J connectivity index is 2.60. The van der Waals surface area contributed by atoms with Gasteiger partial charge in [0.1, 0.15) is 38.5 Å². The highest BCUT2D eigenvalue weighted by Gasteiger charge is 2.19. The molecule has 14 nitrogen and oxygen atoms in total. The summed E-state index contributed by atoms with van der Waals surface area (Å²) in [5.74, 6) is 24.8. The molecule has 0 saturated heterocycles. The van der Waals surface area contributed by atoms with Crippen molar-refractivity contribution in [2.75, 3.05) is 121 Å². The van der Waals surface area contributed by atoms with Crippen LogP contribution in [-0.4, -0.2) is 143 Å². The fraction of sp³-hybridized carbons (Fsp3) is 0.857. The minimum absolute atomic E-state index is 0.0593. The summed E-state index contributed by atoms with van der Waals surface area (Å²) >= 11 is 0. The lowest BCUT2D eigenvalue weighted by atomic mass is 10.1. The van der Waals surface area contributed by atoms with Gasteiger partial charge in [-0.15, -0.1) is 0 Å². The van der Waals surface area contributed by atoms with Gasteiger partial charge in [0.2, 0.25) is 0 Å².